The molecule has 0 spiro atoms. The molecule has 3 aromatic rings. The highest BCUT2D eigenvalue weighted by Gasteiger charge is 2.42. The smallest absolute Gasteiger partial charge is 0.398 e. The zero-order valence-electron chi connectivity index (χ0n) is 27.0. The fraction of sp³-hybridized carbons (Fsp3) is 0.314. The maximum absolute atomic E-state index is 13.5. The van der Waals surface area contributed by atoms with Crippen LogP contribution >= 0.6 is 0 Å². The SMILES string of the molecule is C=C/C(C)=C(\N)c1ccc(C)cc1CC.C=CNCC(c1cc(C)c(OCC)c(-c2ccc(F)cc2)n1)C(F)(F)F.C=O.CN. The Hall–Kier alpha value is -4.44. The Bertz CT molecular complexity index is 1390. The third-order valence-corrected chi connectivity index (χ3v) is 6.47. The minimum Gasteiger partial charge on any atom is -0.491 e. The van der Waals surface area contributed by atoms with Gasteiger partial charge in [-0.2, -0.15) is 13.2 Å². The number of halogens is 4. The van der Waals surface area contributed by atoms with Crippen molar-refractivity contribution in [3.63, 3.8) is 0 Å². The maximum Gasteiger partial charge on any atom is 0.398 e. The molecule has 5 N–H and O–H groups in total. The monoisotopic (exact) mass is 630 g/mol. The minimum atomic E-state index is -4.48. The molecular weight excluding hydrogens is 584 g/mol. The van der Waals surface area contributed by atoms with Gasteiger partial charge in [0.15, 0.2) is 0 Å². The van der Waals surface area contributed by atoms with Crippen LogP contribution in [0.25, 0.3) is 17.0 Å². The first-order valence-corrected chi connectivity index (χ1v) is 14.2. The van der Waals surface area contributed by atoms with E-state index in [1.165, 1.54) is 54.7 Å². The molecule has 1 aromatic heterocycles. The van der Waals surface area contributed by atoms with Crippen LogP contribution < -0.4 is 21.5 Å². The molecule has 0 aliphatic carbocycles. The number of pyridine rings is 1. The highest BCUT2D eigenvalue weighted by molar-refractivity contribution is 5.70. The first-order chi connectivity index (χ1) is 21.4. The lowest BCUT2D eigenvalue weighted by Gasteiger charge is -2.22. The molecule has 6 nitrogen and oxygen atoms in total. The van der Waals surface area contributed by atoms with Crippen molar-refractivity contribution in [3.05, 3.63) is 113 Å². The van der Waals surface area contributed by atoms with Crippen LogP contribution in [0.4, 0.5) is 17.6 Å². The Morgan fingerprint density at radius 1 is 1.04 bits per heavy atom. The van der Waals surface area contributed by atoms with Gasteiger partial charge < -0.3 is 26.3 Å². The molecule has 0 radical (unpaired) electrons. The van der Waals surface area contributed by atoms with E-state index in [1.807, 2.05) is 13.7 Å². The maximum atomic E-state index is 13.5. The van der Waals surface area contributed by atoms with Crippen molar-refractivity contribution in [1.29, 1.82) is 0 Å². The number of allylic oxidation sites excluding steroid dienone is 2. The Balaban J connectivity index is 0.000000866. The number of alkyl halides is 3. The second kappa shape index (κ2) is 20.5. The van der Waals surface area contributed by atoms with Crippen molar-refractivity contribution in [1.82, 2.24) is 10.3 Å². The summed E-state index contributed by atoms with van der Waals surface area (Å²) >= 11 is 0. The second-order valence-electron chi connectivity index (χ2n) is 9.50. The van der Waals surface area contributed by atoms with Gasteiger partial charge in [-0.15, -0.1) is 0 Å². The van der Waals surface area contributed by atoms with E-state index in [4.69, 9.17) is 15.3 Å². The highest BCUT2D eigenvalue weighted by atomic mass is 19.4. The molecule has 0 amide bonds. The van der Waals surface area contributed by atoms with Gasteiger partial charge >= 0.3 is 6.18 Å². The molecule has 3 rings (SSSR count). The normalized spacial score (nSPS) is 11.5. The van der Waals surface area contributed by atoms with Crippen LogP contribution in [0, 0.1) is 19.7 Å². The number of benzene rings is 2. The molecular formula is C35H46F4N4O2. The van der Waals surface area contributed by atoms with E-state index in [0.29, 0.717) is 23.5 Å². The molecule has 45 heavy (non-hydrogen) atoms. The lowest BCUT2D eigenvalue weighted by Crippen LogP contribution is -2.30. The molecule has 10 heteroatoms. The number of hydrogen-bond acceptors (Lipinski definition) is 6. The van der Waals surface area contributed by atoms with Crippen LogP contribution in [0.1, 0.15) is 54.6 Å². The van der Waals surface area contributed by atoms with E-state index in [-0.39, 0.29) is 17.9 Å². The molecule has 0 aliphatic rings. The van der Waals surface area contributed by atoms with Gasteiger partial charge in [0.05, 0.1) is 12.3 Å². The summed E-state index contributed by atoms with van der Waals surface area (Å²) in [5, 5.41) is 2.50. The number of nitrogens with one attached hydrogen (secondary N) is 1. The van der Waals surface area contributed by atoms with Gasteiger partial charge in [-0.1, -0.05) is 49.9 Å². The second-order valence-corrected chi connectivity index (χ2v) is 9.50. The van der Waals surface area contributed by atoms with E-state index < -0.39 is 17.9 Å². The van der Waals surface area contributed by atoms with Gasteiger partial charge in [0.1, 0.15) is 30.0 Å². The number of hydrogen-bond donors (Lipinski definition) is 3. The van der Waals surface area contributed by atoms with Crippen LogP contribution in [0.15, 0.2) is 79.5 Å². The molecule has 2 aromatic carbocycles. The van der Waals surface area contributed by atoms with Crippen molar-refractivity contribution in [3.8, 4) is 17.0 Å². The van der Waals surface area contributed by atoms with Crippen LogP contribution in [0.3, 0.4) is 0 Å². The molecule has 0 saturated carbocycles. The molecule has 1 unspecified atom stereocenters. The summed E-state index contributed by atoms with van der Waals surface area (Å²) in [5.74, 6) is -1.86. The Kier molecular flexibility index (Phi) is 18.5. The summed E-state index contributed by atoms with van der Waals surface area (Å²) in [7, 11) is 1.50. The van der Waals surface area contributed by atoms with E-state index in [0.717, 1.165) is 23.3 Å². The zero-order chi connectivity index (χ0) is 34.7. The largest absolute Gasteiger partial charge is 0.491 e. The van der Waals surface area contributed by atoms with Crippen LogP contribution in [0.2, 0.25) is 0 Å². The molecule has 0 fully saturated rings. The molecule has 1 heterocycles. The standard InChI is InChI=1S/C19H20F4N2O.C14H19N.CH5N.CH2O/c1-4-24-11-15(19(21,22)23)16-10-12(3)18(26-5-2)17(25-16)13-6-8-14(20)9-7-13;1-5-11(4)14(15)13-8-7-10(3)9-12(13)6-2;2*1-2/h4,6-10,15,24H,1,5,11H2,2-3H3;5,7-9H,1,6,15H2,2-4H3;2H2,1H3;1H2/b;14-11-;;. The Morgan fingerprint density at radius 2 is 1.64 bits per heavy atom. The van der Waals surface area contributed by atoms with Gasteiger partial charge in [-0.25, -0.2) is 9.37 Å². The van der Waals surface area contributed by atoms with Crippen LogP contribution in [-0.4, -0.2) is 38.1 Å². The van der Waals surface area contributed by atoms with E-state index in [1.54, 1.807) is 19.9 Å². The number of ether oxygens (including phenoxy) is 1. The first-order valence-electron chi connectivity index (χ1n) is 14.2. The summed E-state index contributed by atoms with van der Waals surface area (Å²) in [5.41, 5.74) is 17.3. The molecule has 0 bridgehead atoms. The minimum absolute atomic E-state index is 0.132. The summed E-state index contributed by atoms with van der Waals surface area (Å²) in [6.07, 6.45) is -0.472. The number of rotatable bonds is 10. The topological polar surface area (TPSA) is 103 Å². The Labute approximate surface area is 264 Å². The Morgan fingerprint density at radius 3 is 2.13 bits per heavy atom. The lowest BCUT2D eigenvalue weighted by molar-refractivity contribution is -0.149. The third kappa shape index (κ3) is 12.2. The first kappa shape index (κ1) is 40.6. The zero-order valence-corrected chi connectivity index (χ0v) is 27.0. The van der Waals surface area contributed by atoms with Crippen molar-refractivity contribution in [2.45, 2.75) is 53.1 Å². The predicted octanol–water partition coefficient (Wildman–Crippen LogP) is 7.80. The van der Waals surface area contributed by atoms with Gasteiger partial charge in [-0.05, 0) is 94.4 Å². The number of aromatic nitrogens is 1. The van der Waals surface area contributed by atoms with Crippen molar-refractivity contribution in [2.24, 2.45) is 11.5 Å². The number of nitrogens with two attached hydrogens (primary N) is 2. The van der Waals surface area contributed by atoms with Crippen molar-refractivity contribution >= 4 is 12.5 Å². The van der Waals surface area contributed by atoms with Gasteiger partial charge in [0, 0.05) is 23.4 Å². The summed E-state index contributed by atoms with van der Waals surface area (Å²) in [4.78, 5) is 12.2. The molecule has 246 valence electrons. The summed E-state index contributed by atoms with van der Waals surface area (Å²) in [6.45, 7) is 18.7. The number of carbonyl (C=O) groups is 1. The fourth-order valence-corrected chi connectivity index (χ4v) is 4.18. The van der Waals surface area contributed by atoms with Gasteiger partial charge in [0.25, 0.3) is 0 Å². The quantitative estimate of drug-likeness (QED) is 0.156. The van der Waals surface area contributed by atoms with Gasteiger partial charge in [-0.3, -0.25) is 0 Å². The molecule has 0 saturated heterocycles. The molecule has 0 aliphatic heterocycles. The van der Waals surface area contributed by atoms with Crippen molar-refractivity contribution < 1.29 is 27.1 Å². The summed E-state index contributed by atoms with van der Waals surface area (Å²) in [6, 6.07) is 13.2. The predicted molar refractivity (Wildman–Crippen MR) is 177 cm³/mol. The van der Waals surface area contributed by atoms with E-state index >= 15 is 0 Å². The fourth-order valence-electron chi connectivity index (χ4n) is 4.18. The highest BCUT2D eigenvalue weighted by Crippen LogP contribution is 2.38. The van der Waals surface area contributed by atoms with Crippen molar-refractivity contribution in [2.75, 3.05) is 20.2 Å². The third-order valence-electron chi connectivity index (χ3n) is 6.47. The molecule has 1 atom stereocenters. The van der Waals surface area contributed by atoms with Crippen LogP contribution in [-0.2, 0) is 11.2 Å². The van der Waals surface area contributed by atoms with E-state index in [9.17, 15) is 17.6 Å². The number of aryl methyl sites for hydroxylation is 3. The number of carbonyl (C=O) groups excluding carboxylic acids is 1. The average Bonchev–Trinajstić information content (AvgIpc) is 3.03. The lowest BCUT2D eigenvalue weighted by atomic mass is 9.98. The average molecular weight is 631 g/mol. The number of nitrogens with zero attached hydrogens (tertiary/aromatic N) is 1. The van der Waals surface area contributed by atoms with Crippen LogP contribution in [0.5, 0.6) is 5.75 Å². The van der Waals surface area contributed by atoms with E-state index in [2.05, 4.69) is 61.2 Å². The summed E-state index contributed by atoms with van der Waals surface area (Å²) < 4.78 is 59.3. The van der Waals surface area contributed by atoms with Gasteiger partial charge in [0.2, 0.25) is 0 Å².